The first kappa shape index (κ1) is 19.2. The van der Waals surface area contributed by atoms with Gasteiger partial charge in [0.05, 0.1) is 13.0 Å². The molecule has 2 aromatic rings. The van der Waals surface area contributed by atoms with E-state index in [9.17, 15) is 9.18 Å². The summed E-state index contributed by atoms with van der Waals surface area (Å²) in [5.74, 6) is 1.32. The summed E-state index contributed by atoms with van der Waals surface area (Å²) in [7, 11) is 0. The standard InChI is InChI=1S/C21H25FN2O3/c22-18-6-8-20(9-7-18)27-17-15-23-11-13-24(14-12-23)21(25)10-16-26-19-4-2-1-3-5-19/h1-9H,10-17H2. The highest BCUT2D eigenvalue weighted by Gasteiger charge is 2.20. The van der Waals surface area contributed by atoms with E-state index in [4.69, 9.17) is 9.47 Å². The second-order valence-corrected chi connectivity index (χ2v) is 6.44. The average molecular weight is 372 g/mol. The molecule has 0 radical (unpaired) electrons. The molecule has 1 amide bonds. The van der Waals surface area contributed by atoms with Crippen LogP contribution in [0.25, 0.3) is 0 Å². The molecule has 0 atom stereocenters. The topological polar surface area (TPSA) is 42.0 Å². The molecule has 1 saturated heterocycles. The highest BCUT2D eigenvalue weighted by Crippen LogP contribution is 2.12. The number of carbonyl (C=O) groups is 1. The summed E-state index contributed by atoms with van der Waals surface area (Å²) in [6.45, 7) is 4.84. The van der Waals surface area contributed by atoms with Crippen LogP contribution in [0.5, 0.6) is 11.5 Å². The Morgan fingerprint density at radius 2 is 1.48 bits per heavy atom. The molecule has 0 N–H and O–H groups in total. The number of benzene rings is 2. The monoisotopic (exact) mass is 372 g/mol. The molecule has 1 fully saturated rings. The van der Waals surface area contributed by atoms with Crippen molar-refractivity contribution in [3.63, 3.8) is 0 Å². The number of carbonyl (C=O) groups excluding carboxylic acids is 1. The fraction of sp³-hybridized carbons (Fsp3) is 0.381. The molecule has 0 bridgehead atoms. The summed E-state index contributed by atoms with van der Waals surface area (Å²) in [6.07, 6.45) is 0.391. The van der Waals surface area contributed by atoms with Gasteiger partial charge in [-0.3, -0.25) is 9.69 Å². The third-order valence-corrected chi connectivity index (χ3v) is 4.54. The van der Waals surface area contributed by atoms with Crippen LogP contribution in [0.1, 0.15) is 6.42 Å². The molecule has 2 aromatic carbocycles. The maximum Gasteiger partial charge on any atom is 0.226 e. The van der Waals surface area contributed by atoms with Crippen LogP contribution in [0.3, 0.4) is 0 Å². The first-order valence-corrected chi connectivity index (χ1v) is 9.27. The maximum atomic E-state index is 12.9. The second kappa shape index (κ2) is 9.92. The highest BCUT2D eigenvalue weighted by molar-refractivity contribution is 5.76. The molecule has 6 heteroatoms. The molecule has 1 heterocycles. The molecule has 1 aliphatic heterocycles. The fourth-order valence-corrected chi connectivity index (χ4v) is 2.98. The molecule has 0 spiro atoms. The van der Waals surface area contributed by atoms with Crippen LogP contribution < -0.4 is 9.47 Å². The van der Waals surface area contributed by atoms with Gasteiger partial charge in [-0.05, 0) is 36.4 Å². The van der Waals surface area contributed by atoms with Gasteiger partial charge in [-0.15, -0.1) is 0 Å². The van der Waals surface area contributed by atoms with Crippen LogP contribution in [-0.4, -0.2) is 61.6 Å². The minimum atomic E-state index is -0.266. The van der Waals surface area contributed by atoms with Crippen LogP contribution in [0.15, 0.2) is 54.6 Å². The van der Waals surface area contributed by atoms with Gasteiger partial charge >= 0.3 is 0 Å². The average Bonchev–Trinajstić information content (AvgIpc) is 2.71. The summed E-state index contributed by atoms with van der Waals surface area (Å²) in [4.78, 5) is 16.5. The van der Waals surface area contributed by atoms with Gasteiger partial charge in [0.25, 0.3) is 0 Å². The number of ether oxygens (including phenoxy) is 2. The summed E-state index contributed by atoms with van der Waals surface area (Å²) in [6, 6.07) is 15.6. The SMILES string of the molecule is O=C(CCOc1ccccc1)N1CCN(CCOc2ccc(F)cc2)CC1. The van der Waals surface area contributed by atoms with Gasteiger partial charge in [0.1, 0.15) is 23.9 Å². The third kappa shape index (κ3) is 6.25. The van der Waals surface area contributed by atoms with Gasteiger partial charge in [-0.25, -0.2) is 4.39 Å². The van der Waals surface area contributed by atoms with E-state index >= 15 is 0 Å². The van der Waals surface area contributed by atoms with Crippen molar-refractivity contribution in [2.24, 2.45) is 0 Å². The zero-order valence-corrected chi connectivity index (χ0v) is 15.4. The Bertz CT molecular complexity index is 701. The summed E-state index contributed by atoms with van der Waals surface area (Å²) < 4.78 is 24.1. The Hall–Kier alpha value is -2.60. The number of rotatable bonds is 8. The van der Waals surface area contributed by atoms with Gasteiger partial charge < -0.3 is 14.4 Å². The van der Waals surface area contributed by atoms with Crippen LogP contribution >= 0.6 is 0 Å². The number of piperazine rings is 1. The van der Waals surface area contributed by atoms with E-state index in [1.165, 1.54) is 12.1 Å². The number of amides is 1. The zero-order valence-electron chi connectivity index (χ0n) is 15.4. The predicted molar refractivity (Wildman–Crippen MR) is 101 cm³/mol. The molecule has 0 aliphatic carbocycles. The Morgan fingerprint density at radius 3 is 2.19 bits per heavy atom. The van der Waals surface area contributed by atoms with Crippen molar-refractivity contribution in [1.29, 1.82) is 0 Å². The molecule has 0 aromatic heterocycles. The normalized spacial score (nSPS) is 14.8. The Morgan fingerprint density at radius 1 is 0.852 bits per heavy atom. The molecule has 0 unspecified atom stereocenters. The lowest BCUT2D eigenvalue weighted by atomic mass is 10.3. The van der Waals surface area contributed by atoms with Gasteiger partial charge in [0, 0.05) is 32.7 Å². The summed E-state index contributed by atoms with van der Waals surface area (Å²) in [5, 5.41) is 0. The van der Waals surface area contributed by atoms with Crippen molar-refractivity contribution in [3.8, 4) is 11.5 Å². The number of hydrogen-bond donors (Lipinski definition) is 0. The van der Waals surface area contributed by atoms with E-state index in [0.29, 0.717) is 25.4 Å². The minimum absolute atomic E-state index is 0.133. The first-order valence-electron chi connectivity index (χ1n) is 9.27. The number of para-hydroxylation sites is 1. The van der Waals surface area contributed by atoms with Crippen molar-refractivity contribution in [2.45, 2.75) is 6.42 Å². The van der Waals surface area contributed by atoms with Gasteiger partial charge in [-0.1, -0.05) is 18.2 Å². The van der Waals surface area contributed by atoms with Crippen LogP contribution in [-0.2, 0) is 4.79 Å². The van der Waals surface area contributed by atoms with E-state index in [1.54, 1.807) is 12.1 Å². The molecular weight excluding hydrogens is 347 g/mol. The third-order valence-electron chi connectivity index (χ3n) is 4.54. The quantitative estimate of drug-likeness (QED) is 0.715. The van der Waals surface area contributed by atoms with Crippen molar-refractivity contribution >= 4 is 5.91 Å². The molecule has 5 nitrogen and oxygen atoms in total. The number of halogens is 1. The van der Waals surface area contributed by atoms with Crippen LogP contribution in [0.2, 0.25) is 0 Å². The molecule has 1 aliphatic rings. The minimum Gasteiger partial charge on any atom is -0.493 e. The van der Waals surface area contributed by atoms with E-state index in [2.05, 4.69) is 4.90 Å². The molecular formula is C21H25FN2O3. The van der Waals surface area contributed by atoms with E-state index < -0.39 is 0 Å². The van der Waals surface area contributed by atoms with Crippen molar-refractivity contribution < 1.29 is 18.7 Å². The highest BCUT2D eigenvalue weighted by atomic mass is 19.1. The van der Waals surface area contributed by atoms with Crippen molar-refractivity contribution in [1.82, 2.24) is 9.80 Å². The Balaban J connectivity index is 1.30. The van der Waals surface area contributed by atoms with Gasteiger partial charge in [0.15, 0.2) is 0 Å². The van der Waals surface area contributed by atoms with Crippen LogP contribution in [0.4, 0.5) is 4.39 Å². The zero-order chi connectivity index (χ0) is 18.9. The smallest absolute Gasteiger partial charge is 0.226 e. The maximum absolute atomic E-state index is 12.9. The number of nitrogens with zero attached hydrogens (tertiary/aromatic N) is 2. The lowest BCUT2D eigenvalue weighted by molar-refractivity contribution is -0.133. The van der Waals surface area contributed by atoms with E-state index in [0.717, 1.165) is 38.5 Å². The molecule has 27 heavy (non-hydrogen) atoms. The molecule has 0 saturated carbocycles. The molecule has 3 rings (SSSR count). The Kier molecular flexibility index (Phi) is 7.04. The predicted octanol–water partition coefficient (Wildman–Crippen LogP) is 2.82. The van der Waals surface area contributed by atoms with E-state index in [1.807, 2.05) is 35.2 Å². The second-order valence-electron chi connectivity index (χ2n) is 6.44. The lowest BCUT2D eigenvalue weighted by Gasteiger charge is -2.34. The Labute approximate surface area is 159 Å². The largest absolute Gasteiger partial charge is 0.493 e. The lowest BCUT2D eigenvalue weighted by Crippen LogP contribution is -2.49. The van der Waals surface area contributed by atoms with Crippen LogP contribution in [0, 0.1) is 5.82 Å². The van der Waals surface area contributed by atoms with E-state index in [-0.39, 0.29) is 11.7 Å². The number of hydrogen-bond acceptors (Lipinski definition) is 4. The molecule has 144 valence electrons. The van der Waals surface area contributed by atoms with Gasteiger partial charge in [0.2, 0.25) is 5.91 Å². The first-order chi connectivity index (χ1) is 13.2. The summed E-state index contributed by atoms with van der Waals surface area (Å²) >= 11 is 0. The fourth-order valence-electron chi connectivity index (χ4n) is 2.98. The van der Waals surface area contributed by atoms with Crippen molar-refractivity contribution in [3.05, 3.63) is 60.4 Å². The summed E-state index contributed by atoms with van der Waals surface area (Å²) in [5.41, 5.74) is 0. The van der Waals surface area contributed by atoms with Crippen molar-refractivity contribution in [2.75, 3.05) is 45.9 Å². The van der Waals surface area contributed by atoms with Gasteiger partial charge in [-0.2, -0.15) is 0 Å².